The fourth-order valence-electron chi connectivity index (χ4n) is 7.77. The summed E-state index contributed by atoms with van der Waals surface area (Å²) in [5.74, 6) is 2.80. The smallest absolute Gasteiger partial charge is 0.339 e. The zero-order valence-corrected chi connectivity index (χ0v) is 16.5. The van der Waals surface area contributed by atoms with Gasteiger partial charge < -0.3 is 9.64 Å². The Kier molecular flexibility index (Phi) is 3.56. The molecule has 0 unspecified atom stereocenters. The lowest BCUT2D eigenvalue weighted by Gasteiger charge is -2.57. The Balaban J connectivity index is 1.15. The first-order valence-electron chi connectivity index (χ1n) is 11.1. The van der Waals surface area contributed by atoms with Gasteiger partial charge in [-0.2, -0.15) is 0 Å². The van der Waals surface area contributed by atoms with Gasteiger partial charge in [-0.05, 0) is 67.8 Å². The average molecular weight is 380 g/mol. The number of hydrogen-bond donors (Lipinski definition) is 0. The molecule has 1 aromatic rings. The van der Waals surface area contributed by atoms with E-state index in [0.717, 1.165) is 42.6 Å². The number of piperidine rings is 1. The van der Waals surface area contributed by atoms with Gasteiger partial charge in [-0.3, -0.25) is 4.79 Å². The van der Waals surface area contributed by atoms with Crippen LogP contribution in [0.5, 0.6) is 0 Å². The molecule has 1 saturated heterocycles. The topological polar surface area (TPSA) is 46.6 Å². The minimum Gasteiger partial charge on any atom is -0.450 e. The fraction of sp³-hybridized carbons (Fsp3) is 0.667. The van der Waals surface area contributed by atoms with Crippen LogP contribution in [0.15, 0.2) is 24.3 Å². The Morgan fingerprint density at radius 3 is 2.25 bits per heavy atom. The number of hydrogen-bond acceptors (Lipinski definition) is 3. The third-order valence-corrected chi connectivity index (χ3v) is 8.54. The third kappa shape index (κ3) is 2.49. The highest BCUT2D eigenvalue weighted by Crippen LogP contribution is 2.61. The van der Waals surface area contributed by atoms with Crippen molar-refractivity contribution in [3.8, 4) is 0 Å². The van der Waals surface area contributed by atoms with Gasteiger partial charge in [0.15, 0.2) is 0 Å². The summed E-state index contributed by atoms with van der Waals surface area (Å²) in [7, 11) is 0. The minimum absolute atomic E-state index is 0.205. The van der Waals surface area contributed by atoms with Crippen molar-refractivity contribution in [2.24, 2.45) is 23.2 Å². The van der Waals surface area contributed by atoms with Crippen molar-refractivity contribution in [2.45, 2.75) is 63.4 Å². The van der Waals surface area contributed by atoms with Crippen LogP contribution in [0.1, 0.15) is 73.7 Å². The molecule has 1 amide bonds. The Labute approximate surface area is 166 Å². The molecule has 4 nitrogen and oxygen atoms in total. The van der Waals surface area contributed by atoms with Crippen molar-refractivity contribution in [3.63, 3.8) is 0 Å². The Morgan fingerprint density at radius 2 is 1.61 bits per heavy atom. The molecule has 148 valence electrons. The second-order valence-corrected chi connectivity index (χ2v) is 10.4. The predicted octanol–water partition coefficient (Wildman–Crippen LogP) is 4.28. The van der Waals surface area contributed by atoms with E-state index in [4.69, 9.17) is 4.74 Å². The number of esters is 1. The lowest BCUT2D eigenvalue weighted by atomic mass is 9.49. The number of carbonyl (C=O) groups is 2. The zero-order valence-electron chi connectivity index (χ0n) is 16.5. The molecule has 0 radical (unpaired) electrons. The Hall–Kier alpha value is -1.84. The van der Waals surface area contributed by atoms with E-state index in [0.29, 0.717) is 30.0 Å². The molecule has 5 fully saturated rings. The van der Waals surface area contributed by atoms with E-state index in [-0.39, 0.29) is 5.97 Å². The molecule has 4 heteroatoms. The van der Waals surface area contributed by atoms with Crippen LogP contribution in [-0.4, -0.2) is 29.9 Å². The number of likely N-dealkylation sites (tertiary alicyclic amines) is 1. The van der Waals surface area contributed by atoms with Gasteiger partial charge in [-0.15, -0.1) is 0 Å². The molecule has 4 saturated carbocycles. The maximum Gasteiger partial charge on any atom is 0.339 e. The summed E-state index contributed by atoms with van der Waals surface area (Å²) in [6, 6.07) is 7.75. The highest BCUT2D eigenvalue weighted by Gasteiger charge is 2.53. The number of nitrogens with zero attached hydrogens (tertiary/aromatic N) is 1. The fourth-order valence-corrected chi connectivity index (χ4v) is 7.77. The highest BCUT2D eigenvalue weighted by molar-refractivity contribution is 5.94. The standard InChI is InChI=1S/C24H29NO3/c26-21(15-23-12-16-9-17(13-23)11-18(10-16)14-23)25-7-5-24(6-8-25)20-4-2-1-3-19(20)22(27)28-24/h1-4,16-18H,5-15H2. The van der Waals surface area contributed by atoms with Crippen LogP contribution in [0, 0.1) is 23.2 Å². The first-order chi connectivity index (χ1) is 13.5. The van der Waals surface area contributed by atoms with Gasteiger partial charge in [-0.25, -0.2) is 4.79 Å². The van der Waals surface area contributed by atoms with Crippen molar-refractivity contribution >= 4 is 11.9 Å². The van der Waals surface area contributed by atoms with Gasteiger partial charge in [0.05, 0.1) is 5.56 Å². The largest absolute Gasteiger partial charge is 0.450 e. The second-order valence-electron chi connectivity index (χ2n) is 10.4. The van der Waals surface area contributed by atoms with Crippen molar-refractivity contribution in [1.82, 2.24) is 4.90 Å². The summed E-state index contributed by atoms with van der Waals surface area (Å²) in [4.78, 5) is 27.5. The van der Waals surface area contributed by atoms with Crippen LogP contribution < -0.4 is 0 Å². The molecule has 0 aromatic heterocycles. The number of benzene rings is 1. The van der Waals surface area contributed by atoms with E-state index in [1.54, 1.807) is 0 Å². The maximum absolute atomic E-state index is 13.2. The van der Waals surface area contributed by atoms with E-state index in [9.17, 15) is 9.59 Å². The molecule has 28 heavy (non-hydrogen) atoms. The van der Waals surface area contributed by atoms with E-state index in [1.165, 1.54) is 38.5 Å². The highest BCUT2D eigenvalue weighted by atomic mass is 16.6. The number of rotatable bonds is 2. The van der Waals surface area contributed by atoms with Crippen molar-refractivity contribution < 1.29 is 14.3 Å². The molecule has 0 atom stereocenters. The lowest BCUT2D eigenvalue weighted by molar-refractivity contribution is -0.143. The lowest BCUT2D eigenvalue weighted by Crippen LogP contribution is -2.50. The van der Waals surface area contributed by atoms with Gasteiger partial charge in [-0.1, -0.05) is 18.2 Å². The number of ether oxygens (including phenoxy) is 1. The number of fused-ring (bicyclic) bond motifs is 2. The van der Waals surface area contributed by atoms with Crippen molar-refractivity contribution in [2.75, 3.05) is 13.1 Å². The Bertz CT molecular complexity index is 801. The monoisotopic (exact) mass is 379 g/mol. The molecule has 1 spiro atoms. The van der Waals surface area contributed by atoms with Crippen LogP contribution in [0.25, 0.3) is 0 Å². The van der Waals surface area contributed by atoms with Crippen LogP contribution in [-0.2, 0) is 15.1 Å². The van der Waals surface area contributed by atoms with Gasteiger partial charge in [0.25, 0.3) is 0 Å². The summed E-state index contributed by atoms with van der Waals surface area (Å²) in [6.45, 7) is 1.40. The SMILES string of the molecule is O=C1OC2(CCN(C(=O)CC34CC5CC(CC(C5)C3)C4)CC2)c2ccccc21. The minimum atomic E-state index is -0.509. The van der Waals surface area contributed by atoms with Gasteiger partial charge in [0, 0.05) is 37.9 Å². The normalized spacial score (nSPS) is 37.2. The first-order valence-corrected chi connectivity index (χ1v) is 11.1. The number of carbonyl (C=O) groups excluding carboxylic acids is 2. The molecule has 4 bridgehead atoms. The van der Waals surface area contributed by atoms with Crippen LogP contribution in [0.2, 0.25) is 0 Å². The third-order valence-electron chi connectivity index (χ3n) is 8.54. The molecular weight excluding hydrogens is 350 g/mol. The van der Waals surface area contributed by atoms with Gasteiger partial charge in [0.2, 0.25) is 5.91 Å². The second kappa shape index (κ2) is 5.84. The molecule has 0 N–H and O–H groups in total. The molecule has 4 aliphatic carbocycles. The summed E-state index contributed by atoms with van der Waals surface area (Å²) in [6.07, 6.45) is 10.3. The molecule has 6 aliphatic rings. The molecule has 7 rings (SSSR count). The number of amides is 1. The first kappa shape index (κ1) is 17.1. The van der Waals surface area contributed by atoms with Crippen LogP contribution >= 0.6 is 0 Å². The van der Waals surface area contributed by atoms with Crippen LogP contribution in [0.4, 0.5) is 0 Å². The van der Waals surface area contributed by atoms with Crippen LogP contribution in [0.3, 0.4) is 0 Å². The quantitative estimate of drug-likeness (QED) is 0.721. The van der Waals surface area contributed by atoms with Crippen molar-refractivity contribution in [3.05, 3.63) is 35.4 Å². The maximum atomic E-state index is 13.2. The van der Waals surface area contributed by atoms with Gasteiger partial charge >= 0.3 is 5.97 Å². The van der Waals surface area contributed by atoms with E-state index < -0.39 is 5.60 Å². The van der Waals surface area contributed by atoms with E-state index in [1.807, 2.05) is 24.3 Å². The van der Waals surface area contributed by atoms with Gasteiger partial charge in [0.1, 0.15) is 5.60 Å². The molecule has 2 heterocycles. The van der Waals surface area contributed by atoms with E-state index >= 15 is 0 Å². The summed E-state index contributed by atoms with van der Waals surface area (Å²) < 4.78 is 5.85. The zero-order chi connectivity index (χ0) is 18.9. The molecule has 1 aromatic carbocycles. The Morgan fingerprint density at radius 1 is 1.00 bits per heavy atom. The predicted molar refractivity (Wildman–Crippen MR) is 105 cm³/mol. The molecular formula is C24H29NO3. The average Bonchev–Trinajstić information content (AvgIpc) is 2.93. The van der Waals surface area contributed by atoms with E-state index in [2.05, 4.69) is 4.90 Å². The summed E-state index contributed by atoms with van der Waals surface area (Å²) >= 11 is 0. The summed E-state index contributed by atoms with van der Waals surface area (Å²) in [5, 5.41) is 0. The van der Waals surface area contributed by atoms with Crippen molar-refractivity contribution in [1.29, 1.82) is 0 Å². The summed E-state index contributed by atoms with van der Waals surface area (Å²) in [5.41, 5.74) is 1.52. The molecule has 2 aliphatic heterocycles.